The lowest BCUT2D eigenvalue weighted by Gasteiger charge is -2.11. The lowest BCUT2D eigenvalue weighted by molar-refractivity contribution is -0.117. The van der Waals surface area contributed by atoms with Crippen LogP contribution in [0.1, 0.15) is 11.3 Å². The molecule has 0 bridgehead atoms. The van der Waals surface area contributed by atoms with E-state index in [0.29, 0.717) is 17.9 Å². The van der Waals surface area contributed by atoms with Gasteiger partial charge in [0.15, 0.2) is 5.65 Å². The van der Waals surface area contributed by atoms with Crippen molar-refractivity contribution in [2.45, 2.75) is 19.4 Å². The Bertz CT molecular complexity index is 810. The number of halogens is 1. The van der Waals surface area contributed by atoms with Crippen LogP contribution in [0.5, 0.6) is 0 Å². The fraction of sp³-hybridized carbons (Fsp3) is 0.267. The summed E-state index contributed by atoms with van der Waals surface area (Å²) in [6, 6.07) is 9.06. The molecule has 2 heterocycles. The molecule has 4 N–H and O–H groups in total. The van der Waals surface area contributed by atoms with E-state index >= 15 is 0 Å². The van der Waals surface area contributed by atoms with Crippen LogP contribution in [0.2, 0.25) is 0 Å². The number of carbonyl (C=O) groups excluding carboxylic acids is 1. The number of amides is 1. The van der Waals surface area contributed by atoms with Gasteiger partial charge in [0.1, 0.15) is 5.82 Å². The third-order valence-electron chi connectivity index (χ3n) is 3.60. The van der Waals surface area contributed by atoms with Gasteiger partial charge in [-0.2, -0.15) is 10.2 Å². The molecule has 1 aromatic carbocycles. The number of hydrogen-bond donors (Lipinski definition) is 3. The number of nitrogens with one attached hydrogen (secondary N) is 2. The van der Waals surface area contributed by atoms with E-state index in [-0.39, 0.29) is 18.3 Å². The first-order valence-corrected chi connectivity index (χ1v) is 7.04. The van der Waals surface area contributed by atoms with E-state index in [1.807, 2.05) is 44.3 Å². The molecule has 0 saturated carbocycles. The average Bonchev–Trinajstić information content (AvgIpc) is 3.03. The van der Waals surface area contributed by atoms with Gasteiger partial charge in [-0.3, -0.25) is 9.89 Å². The molecule has 0 fully saturated rings. The smallest absolute Gasteiger partial charge is 0.242 e. The zero-order valence-corrected chi connectivity index (χ0v) is 13.7. The number of carbonyl (C=O) groups is 1. The van der Waals surface area contributed by atoms with Crippen LogP contribution in [0.3, 0.4) is 0 Å². The van der Waals surface area contributed by atoms with Crippen molar-refractivity contribution in [3.05, 3.63) is 41.6 Å². The lowest BCUT2D eigenvalue weighted by atomic mass is 10.1. The van der Waals surface area contributed by atoms with Crippen LogP contribution in [0.15, 0.2) is 30.3 Å². The van der Waals surface area contributed by atoms with Gasteiger partial charge in [0.25, 0.3) is 0 Å². The fourth-order valence-electron chi connectivity index (χ4n) is 2.50. The minimum absolute atomic E-state index is 0. The van der Waals surface area contributed by atoms with Crippen molar-refractivity contribution in [3.8, 4) is 0 Å². The fourth-order valence-corrected chi connectivity index (χ4v) is 2.50. The van der Waals surface area contributed by atoms with Crippen molar-refractivity contribution in [3.63, 3.8) is 0 Å². The molecule has 2 aromatic heterocycles. The second-order valence-corrected chi connectivity index (χ2v) is 5.29. The molecular formula is C15H19ClN6O. The molecule has 0 aliphatic heterocycles. The molecule has 0 unspecified atom stereocenters. The highest BCUT2D eigenvalue weighted by Gasteiger charge is 2.19. The number of fused-ring (bicyclic) bond motifs is 1. The van der Waals surface area contributed by atoms with E-state index in [4.69, 9.17) is 5.73 Å². The average molecular weight is 335 g/mol. The molecule has 3 rings (SSSR count). The molecule has 7 nitrogen and oxygen atoms in total. The highest BCUT2D eigenvalue weighted by Crippen LogP contribution is 2.23. The van der Waals surface area contributed by atoms with E-state index in [2.05, 4.69) is 20.6 Å². The Kier molecular flexibility index (Phi) is 5.02. The molecule has 23 heavy (non-hydrogen) atoms. The zero-order chi connectivity index (χ0) is 15.7. The molecule has 0 aliphatic rings. The van der Waals surface area contributed by atoms with Crippen LogP contribution < -0.4 is 11.1 Å². The van der Waals surface area contributed by atoms with E-state index in [0.717, 1.165) is 16.6 Å². The maximum absolute atomic E-state index is 12.3. The predicted octanol–water partition coefficient (Wildman–Crippen LogP) is 1.54. The van der Waals surface area contributed by atoms with Gasteiger partial charge in [-0.1, -0.05) is 30.3 Å². The number of anilines is 1. The number of aryl methyl sites for hydroxylation is 2. The Hall–Kier alpha value is -2.38. The molecule has 0 saturated heterocycles. The quantitative estimate of drug-likeness (QED) is 0.673. The van der Waals surface area contributed by atoms with E-state index in [1.165, 1.54) is 0 Å². The molecule has 1 amide bonds. The predicted molar refractivity (Wildman–Crippen MR) is 91.6 cm³/mol. The summed E-state index contributed by atoms with van der Waals surface area (Å²) >= 11 is 0. The first-order chi connectivity index (χ1) is 10.6. The molecule has 8 heteroatoms. The Morgan fingerprint density at radius 1 is 1.39 bits per heavy atom. The minimum atomic E-state index is -0.627. The zero-order valence-electron chi connectivity index (χ0n) is 12.9. The second-order valence-electron chi connectivity index (χ2n) is 5.29. The van der Waals surface area contributed by atoms with Crippen LogP contribution in [-0.2, 0) is 18.3 Å². The largest absolute Gasteiger partial charge is 0.320 e. The van der Waals surface area contributed by atoms with Gasteiger partial charge in [-0.15, -0.1) is 12.4 Å². The Balaban J connectivity index is 0.00000192. The molecule has 122 valence electrons. The highest BCUT2D eigenvalue weighted by molar-refractivity contribution is 6.01. The Morgan fingerprint density at radius 3 is 2.78 bits per heavy atom. The molecule has 0 spiro atoms. The van der Waals surface area contributed by atoms with Crippen molar-refractivity contribution in [1.29, 1.82) is 0 Å². The van der Waals surface area contributed by atoms with E-state index in [1.54, 1.807) is 4.68 Å². The Morgan fingerprint density at radius 2 is 2.09 bits per heavy atom. The molecule has 3 aromatic rings. The van der Waals surface area contributed by atoms with Crippen molar-refractivity contribution >= 4 is 35.2 Å². The second kappa shape index (κ2) is 6.80. The third kappa shape index (κ3) is 3.35. The lowest BCUT2D eigenvalue weighted by Crippen LogP contribution is -2.37. The summed E-state index contributed by atoms with van der Waals surface area (Å²) in [6.07, 6.45) is 0.482. The number of nitrogens with two attached hydrogens (primary N) is 1. The molecular weight excluding hydrogens is 316 g/mol. The Labute approximate surface area is 139 Å². The van der Waals surface area contributed by atoms with Crippen LogP contribution in [0, 0.1) is 6.92 Å². The summed E-state index contributed by atoms with van der Waals surface area (Å²) < 4.78 is 1.67. The van der Waals surface area contributed by atoms with Gasteiger partial charge in [-0.25, -0.2) is 4.68 Å². The monoisotopic (exact) mass is 334 g/mol. The number of aromatic amines is 1. The van der Waals surface area contributed by atoms with Crippen molar-refractivity contribution in [2.75, 3.05) is 5.32 Å². The van der Waals surface area contributed by atoms with Crippen LogP contribution in [-0.4, -0.2) is 31.9 Å². The number of H-pyrrole nitrogens is 1. The molecule has 0 aliphatic carbocycles. The van der Waals surface area contributed by atoms with Crippen LogP contribution >= 0.6 is 12.4 Å². The summed E-state index contributed by atoms with van der Waals surface area (Å²) in [6.45, 7) is 1.87. The van der Waals surface area contributed by atoms with Crippen LogP contribution in [0.25, 0.3) is 11.0 Å². The topological polar surface area (TPSA) is 102 Å². The minimum Gasteiger partial charge on any atom is -0.320 e. The third-order valence-corrected chi connectivity index (χ3v) is 3.60. The van der Waals surface area contributed by atoms with Crippen LogP contribution in [0.4, 0.5) is 5.82 Å². The summed E-state index contributed by atoms with van der Waals surface area (Å²) in [7, 11) is 1.81. The van der Waals surface area contributed by atoms with E-state index < -0.39 is 6.04 Å². The van der Waals surface area contributed by atoms with Crippen molar-refractivity contribution < 1.29 is 4.79 Å². The normalized spacial score (nSPS) is 12.0. The van der Waals surface area contributed by atoms with Gasteiger partial charge in [0.05, 0.1) is 17.1 Å². The summed E-state index contributed by atoms with van der Waals surface area (Å²) in [4.78, 5) is 12.3. The van der Waals surface area contributed by atoms with Gasteiger partial charge in [0, 0.05) is 7.05 Å². The number of rotatable bonds is 4. The molecule has 1 atom stereocenters. The van der Waals surface area contributed by atoms with Crippen molar-refractivity contribution in [2.24, 2.45) is 12.8 Å². The van der Waals surface area contributed by atoms with Gasteiger partial charge >= 0.3 is 0 Å². The van der Waals surface area contributed by atoms with Crippen molar-refractivity contribution in [1.82, 2.24) is 20.0 Å². The maximum atomic E-state index is 12.3. The summed E-state index contributed by atoms with van der Waals surface area (Å²) in [5.41, 5.74) is 8.51. The summed E-state index contributed by atoms with van der Waals surface area (Å²) in [5, 5.41) is 14.9. The highest BCUT2D eigenvalue weighted by atomic mass is 35.5. The number of benzene rings is 1. The SMILES string of the molecule is Cc1nn(C)c2n[nH]c(NC(=O)[C@@H](N)Cc3ccccc3)c12.Cl. The van der Waals surface area contributed by atoms with Gasteiger partial charge in [-0.05, 0) is 18.9 Å². The number of nitrogens with zero attached hydrogens (tertiary/aromatic N) is 3. The number of hydrogen-bond acceptors (Lipinski definition) is 4. The standard InChI is InChI=1S/C15H18N6O.ClH/c1-9-12-13(18-19-14(12)21(2)20-9)17-15(22)11(16)8-10-6-4-3-5-7-10;/h3-7,11H,8,16H2,1-2H3,(H2,17,18,19,22);1H/t11-;/m0./s1. The van der Waals surface area contributed by atoms with Gasteiger partial charge in [0.2, 0.25) is 5.91 Å². The first-order valence-electron chi connectivity index (χ1n) is 7.04. The first kappa shape index (κ1) is 17.0. The van der Waals surface area contributed by atoms with E-state index in [9.17, 15) is 4.79 Å². The number of aromatic nitrogens is 4. The van der Waals surface area contributed by atoms with Gasteiger partial charge < -0.3 is 11.1 Å². The summed E-state index contributed by atoms with van der Waals surface area (Å²) in [5.74, 6) is 0.284. The maximum Gasteiger partial charge on any atom is 0.242 e. The molecule has 0 radical (unpaired) electrons.